The lowest BCUT2D eigenvalue weighted by Gasteiger charge is -2.13. The minimum Gasteiger partial charge on any atom is -0.389 e. The number of likely N-dealkylation sites (tertiary alicyclic amines) is 1. The monoisotopic (exact) mass is 267 g/mol. The molecule has 0 aliphatic carbocycles. The number of benzene rings is 1. The summed E-state index contributed by atoms with van der Waals surface area (Å²) in [6.07, 6.45) is 0.512. The van der Waals surface area contributed by atoms with Crippen molar-refractivity contribution in [3.05, 3.63) is 29.8 Å². The van der Waals surface area contributed by atoms with Crippen LogP contribution >= 0.6 is 11.8 Å². The fourth-order valence-electron chi connectivity index (χ4n) is 2.05. The molecule has 1 saturated heterocycles. The average molecular weight is 267 g/mol. The Morgan fingerprint density at radius 2 is 1.83 bits per heavy atom. The quantitative estimate of drug-likeness (QED) is 0.619. The highest BCUT2D eigenvalue weighted by Gasteiger charge is 2.30. The number of aliphatic hydroxyl groups is 2. The van der Waals surface area contributed by atoms with Crippen molar-refractivity contribution < 1.29 is 15.0 Å². The summed E-state index contributed by atoms with van der Waals surface area (Å²) in [5, 5.41) is 18.8. The Labute approximate surface area is 111 Å². The van der Waals surface area contributed by atoms with E-state index in [0.717, 1.165) is 4.90 Å². The molecule has 0 aromatic heterocycles. The van der Waals surface area contributed by atoms with Crippen LogP contribution in [-0.4, -0.2) is 59.0 Å². The van der Waals surface area contributed by atoms with Crippen LogP contribution in [0.15, 0.2) is 29.2 Å². The Morgan fingerprint density at radius 1 is 1.28 bits per heavy atom. The maximum absolute atomic E-state index is 12.0. The largest absolute Gasteiger partial charge is 0.389 e. The summed E-state index contributed by atoms with van der Waals surface area (Å²) in [4.78, 5) is 14.9. The zero-order valence-corrected chi connectivity index (χ0v) is 11.1. The second kappa shape index (κ2) is 5.84. The number of hydrogen-bond donors (Lipinski definition) is 2. The third-order valence-corrected chi connectivity index (χ3v) is 3.86. The Bertz CT molecular complexity index is 411. The van der Waals surface area contributed by atoms with Crippen LogP contribution in [0.25, 0.3) is 0 Å². The first-order valence-electron chi connectivity index (χ1n) is 5.86. The molecule has 0 saturated carbocycles. The maximum atomic E-state index is 12.0. The molecule has 1 aromatic rings. The number of aliphatic hydroxyl groups excluding tert-OH is 2. The first kappa shape index (κ1) is 13.5. The molecular formula is C13H17NO3S. The first-order valence-corrected chi connectivity index (χ1v) is 7.08. The predicted octanol–water partition coefficient (Wildman–Crippen LogP) is 0.629. The molecule has 1 aliphatic heterocycles. The number of carbonyl (C=O) groups is 1. The van der Waals surface area contributed by atoms with Gasteiger partial charge < -0.3 is 10.2 Å². The molecule has 4 nitrogen and oxygen atoms in total. The first-order chi connectivity index (χ1) is 8.60. The molecule has 18 heavy (non-hydrogen) atoms. The molecule has 2 atom stereocenters. The smallest absolute Gasteiger partial charge is 0.176 e. The second-order valence-corrected chi connectivity index (χ2v) is 5.36. The van der Waals surface area contributed by atoms with Gasteiger partial charge in [-0.2, -0.15) is 0 Å². The van der Waals surface area contributed by atoms with E-state index in [1.807, 2.05) is 30.5 Å². The van der Waals surface area contributed by atoms with Crippen LogP contribution in [0, 0.1) is 0 Å². The van der Waals surface area contributed by atoms with Crippen molar-refractivity contribution in [3.63, 3.8) is 0 Å². The Morgan fingerprint density at radius 3 is 2.33 bits per heavy atom. The van der Waals surface area contributed by atoms with Gasteiger partial charge >= 0.3 is 0 Å². The minimum atomic E-state index is -0.739. The molecule has 1 aliphatic rings. The van der Waals surface area contributed by atoms with Crippen molar-refractivity contribution in [2.75, 3.05) is 25.9 Å². The van der Waals surface area contributed by atoms with Crippen LogP contribution in [0.3, 0.4) is 0 Å². The van der Waals surface area contributed by atoms with Gasteiger partial charge in [-0.05, 0) is 18.4 Å². The molecule has 2 unspecified atom stereocenters. The highest BCUT2D eigenvalue weighted by Crippen LogP contribution is 2.16. The van der Waals surface area contributed by atoms with Crippen LogP contribution in [0.2, 0.25) is 0 Å². The fraction of sp³-hybridized carbons (Fsp3) is 0.462. The molecule has 1 heterocycles. The van der Waals surface area contributed by atoms with E-state index in [2.05, 4.69) is 0 Å². The minimum absolute atomic E-state index is 0.0175. The Balaban J connectivity index is 1.95. The van der Waals surface area contributed by atoms with Crippen LogP contribution in [0.5, 0.6) is 0 Å². The number of Topliss-reactive ketones (excluding diaryl/α,β-unsaturated/α-hetero) is 1. The van der Waals surface area contributed by atoms with Crippen molar-refractivity contribution in [2.45, 2.75) is 17.1 Å². The van der Waals surface area contributed by atoms with E-state index in [0.29, 0.717) is 18.7 Å². The summed E-state index contributed by atoms with van der Waals surface area (Å²) < 4.78 is 0. The molecule has 2 rings (SSSR count). The summed E-state index contributed by atoms with van der Waals surface area (Å²) >= 11 is 1.63. The van der Waals surface area contributed by atoms with Gasteiger partial charge in [0.2, 0.25) is 0 Å². The molecule has 1 fully saturated rings. The summed E-state index contributed by atoms with van der Waals surface area (Å²) in [7, 11) is 0. The van der Waals surface area contributed by atoms with Gasteiger partial charge in [-0.25, -0.2) is 0 Å². The maximum Gasteiger partial charge on any atom is 0.176 e. The molecule has 0 radical (unpaired) electrons. The summed E-state index contributed by atoms with van der Waals surface area (Å²) in [6, 6.07) is 7.48. The Kier molecular flexibility index (Phi) is 4.40. The number of hydrogen-bond acceptors (Lipinski definition) is 5. The number of β-amino-alcohol motifs (C(OH)–C–C–N with tert-alkyl or cyclic N) is 2. The van der Waals surface area contributed by atoms with E-state index >= 15 is 0 Å². The molecule has 0 bridgehead atoms. The summed E-state index contributed by atoms with van der Waals surface area (Å²) in [6.45, 7) is 0.957. The normalized spacial score (nSPS) is 24.4. The SMILES string of the molecule is CSc1ccc(C(=O)CN2CC(O)C(O)C2)cc1. The number of thioether (sulfide) groups is 1. The number of rotatable bonds is 4. The van der Waals surface area contributed by atoms with E-state index in [-0.39, 0.29) is 12.3 Å². The van der Waals surface area contributed by atoms with Crippen LogP contribution < -0.4 is 0 Å². The molecule has 2 N–H and O–H groups in total. The van der Waals surface area contributed by atoms with E-state index < -0.39 is 12.2 Å². The topological polar surface area (TPSA) is 60.8 Å². The lowest BCUT2D eigenvalue weighted by molar-refractivity contribution is 0.0572. The fourth-order valence-corrected chi connectivity index (χ4v) is 2.46. The predicted molar refractivity (Wildman–Crippen MR) is 71.0 cm³/mol. The van der Waals surface area contributed by atoms with Crippen LogP contribution in [-0.2, 0) is 0 Å². The van der Waals surface area contributed by atoms with E-state index in [1.54, 1.807) is 16.7 Å². The van der Waals surface area contributed by atoms with Crippen molar-refractivity contribution in [2.24, 2.45) is 0 Å². The zero-order chi connectivity index (χ0) is 13.1. The Hall–Kier alpha value is -0.880. The van der Waals surface area contributed by atoms with Gasteiger partial charge in [-0.1, -0.05) is 12.1 Å². The van der Waals surface area contributed by atoms with Gasteiger partial charge in [-0.3, -0.25) is 9.69 Å². The van der Waals surface area contributed by atoms with Gasteiger partial charge in [0.1, 0.15) is 0 Å². The van der Waals surface area contributed by atoms with Crippen LogP contribution in [0.1, 0.15) is 10.4 Å². The van der Waals surface area contributed by atoms with E-state index in [9.17, 15) is 15.0 Å². The van der Waals surface area contributed by atoms with Crippen molar-refractivity contribution in [1.82, 2.24) is 4.90 Å². The van der Waals surface area contributed by atoms with E-state index in [4.69, 9.17) is 0 Å². The third-order valence-electron chi connectivity index (χ3n) is 3.11. The van der Waals surface area contributed by atoms with Gasteiger partial charge in [-0.15, -0.1) is 11.8 Å². The third kappa shape index (κ3) is 3.11. The van der Waals surface area contributed by atoms with Crippen LogP contribution in [0.4, 0.5) is 0 Å². The van der Waals surface area contributed by atoms with Gasteiger partial charge in [0.05, 0.1) is 18.8 Å². The van der Waals surface area contributed by atoms with Crippen molar-refractivity contribution >= 4 is 17.5 Å². The summed E-state index contributed by atoms with van der Waals surface area (Å²) in [5.41, 5.74) is 0.670. The highest BCUT2D eigenvalue weighted by atomic mass is 32.2. The van der Waals surface area contributed by atoms with Gasteiger partial charge in [0, 0.05) is 23.5 Å². The molecule has 5 heteroatoms. The molecule has 1 aromatic carbocycles. The molecule has 98 valence electrons. The standard InChI is InChI=1S/C13H17NO3S/c1-18-10-4-2-9(3-5-10)11(15)6-14-7-12(16)13(17)8-14/h2-5,12-13,16-17H,6-8H2,1H3. The number of ketones is 1. The molecule has 0 amide bonds. The van der Waals surface area contributed by atoms with Gasteiger partial charge in [0.15, 0.2) is 5.78 Å². The van der Waals surface area contributed by atoms with Crippen molar-refractivity contribution in [3.8, 4) is 0 Å². The van der Waals surface area contributed by atoms with E-state index in [1.165, 1.54) is 0 Å². The summed E-state index contributed by atoms with van der Waals surface area (Å²) in [5.74, 6) is 0.0175. The average Bonchev–Trinajstić information content (AvgIpc) is 2.68. The lowest BCUT2D eigenvalue weighted by Crippen LogP contribution is -2.28. The highest BCUT2D eigenvalue weighted by molar-refractivity contribution is 7.98. The molecular weight excluding hydrogens is 250 g/mol. The number of nitrogens with zero attached hydrogens (tertiary/aromatic N) is 1. The van der Waals surface area contributed by atoms with Gasteiger partial charge in [0.25, 0.3) is 0 Å². The zero-order valence-electron chi connectivity index (χ0n) is 10.2. The lowest BCUT2D eigenvalue weighted by atomic mass is 10.1. The molecule has 0 spiro atoms. The number of carbonyl (C=O) groups excluding carboxylic acids is 1. The second-order valence-electron chi connectivity index (χ2n) is 4.48. The van der Waals surface area contributed by atoms with Crippen molar-refractivity contribution in [1.29, 1.82) is 0 Å².